The highest BCUT2D eigenvalue weighted by molar-refractivity contribution is 6.28. The Labute approximate surface area is 66.2 Å². The third-order valence-electron chi connectivity index (χ3n) is 0.965. The molecule has 58 valence electrons. The van der Waals surface area contributed by atoms with Crippen molar-refractivity contribution in [2.45, 2.75) is 0 Å². The van der Waals surface area contributed by atoms with Crippen LogP contribution < -0.4 is 5.73 Å². The SMILES string of the molecule is Nc1nc(Cl)ncc1[N+](=O)[O-]. The molecule has 0 atom stereocenters. The normalized spacial score (nSPS) is 9.55. The molecule has 0 unspecified atom stereocenters. The summed E-state index contributed by atoms with van der Waals surface area (Å²) < 4.78 is 0. The summed E-state index contributed by atoms with van der Waals surface area (Å²) in [6.07, 6.45) is 0.963. The first kappa shape index (κ1) is 7.67. The Bertz CT molecular complexity index is 302. The number of aromatic nitrogens is 2. The number of nitrogens with two attached hydrogens (primary N) is 1. The van der Waals surface area contributed by atoms with Gasteiger partial charge in [-0.05, 0) is 11.6 Å². The van der Waals surface area contributed by atoms with Gasteiger partial charge in [0.15, 0.2) is 0 Å². The number of nitrogens with zero attached hydrogens (tertiary/aromatic N) is 3. The van der Waals surface area contributed by atoms with Crippen molar-refractivity contribution in [1.82, 2.24) is 9.97 Å². The summed E-state index contributed by atoms with van der Waals surface area (Å²) in [4.78, 5) is 16.2. The molecule has 0 bridgehead atoms. The van der Waals surface area contributed by atoms with Crippen LogP contribution in [0.2, 0.25) is 5.28 Å². The third-order valence-corrected chi connectivity index (χ3v) is 1.15. The molecule has 0 aliphatic heterocycles. The minimum absolute atomic E-state index is 0.104. The van der Waals surface area contributed by atoms with Gasteiger partial charge in [0.1, 0.15) is 6.20 Å². The van der Waals surface area contributed by atoms with Gasteiger partial charge in [0.2, 0.25) is 11.1 Å². The highest BCUT2D eigenvalue weighted by atomic mass is 35.5. The summed E-state index contributed by atoms with van der Waals surface area (Å²) in [5, 5.41) is 10.0. The van der Waals surface area contributed by atoms with E-state index in [2.05, 4.69) is 9.97 Å². The molecule has 1 heterocycles. The Hall–Kier alpha value is -1.43. The monoisotopic (exact) mass is 174 g/mol. The molecule has 1 rings (SSSR count). The van der Waals surface area contributed by atoms with Crippen molar-refractivity contribution in [3.05, 3.63) is 21.6 Å². The zero-order chi connectivity index (χ0) is 8.43. The van der Waals surface area contributed by atoms with Crippen molar-refractivity contribution in [1.29, 1.82) is 0 Å². The van der Waals surface area contributed by atoms with Crippen LogP contribution in [0, 0.1) is 10.1 Å². The second-order valence-electron chi connectivity index (χ2n) is 1.67. The van der Waals surface area contributed by atoms with Gasteiger partial charge in [-0.15, -0.1) is 0 Å². The van der Waals surface area contributed by atoms with Crippen LogP contribution in [0.4, 0.5) is 11.5 Å². The van der Waals surface area contributed by atoms with E-state index in [0.717, 1.165) is 6.20 Å². The summed E-state index contributed by atoms with van der Waals surface area (Å²) in [5.74, 6) is -0.227. The number of anilines is 1. The molecular formula is C4H3ClN4O2. The Morgan fingerprint density at radius 2 is 2.36 bits per heavy atom. The van der Waals surface area contributed by atoms with E-state index in [1.807, 2.05) is 0 Å². The van der Waals surface area contributed by atoms with E-state index in [9.17, 15) is 10.1 Å². The minimum atomic E-state index is -0.675. The second kappa shape index (κ2) is 2.67. The first-order valence-corrected chi connectivity index (χ1v) is 2.91. The van der Waals surface area contributed by atoms with Gasteiger partial charge < -0.3 is 5.73 Å². The Morgan fingerprint density at radius 1 is 1.73 bits per heavy atom. The molecule has 0 saturated carbocycles. The van der Waals surface area contributed by atoms with Crippen LogP contribution >= 0.6 is 11.6 Å². The number of hydrogen-bond donors (Lipinski definition) is 1. The lowest BCUT2D eigenvalue weighted by Crippen LogP contribution is -1.99. The zero-order valence-corrected chi connectivity index (χ0v) is 5.95. The Balaban J connectivity index is 3.20. The molecule has 0 radical (unpaired) electrons. The average molecular weight is 175 g/mol. The van der Waals surface area contributed by atoms with E-state index in [1.165, 1.54) is 0 Å². The third kappa shape index (κ3) is 1.53. The largest absolute Gasteiger partial charge is 0.378 e. The lowest BCUT2D eigenvalue weighted by molar-refractivity contribution is -0.384. The summed E-state index contributed by atoms with van der Waals surface area (Å²) in [5.41, 5.74) is 4.81. The molecule has 0 fully saturated rings. The maximum Gasteiger partial charge on any atom is 0.329 e. The van der Waals surface area contributed by atoms with E-state index < -0.39 is 4.92 Å². The summed E-state index contributed by atoms with van der Waals surface area (Å²) in [6.45, 7) is 0. The average Bonchev–Trinajstić information content (AvgIpc) is 1.85. The van der Waals surface area contributed by atoms with Crippen LogP contribution in [0.1, 0.15) is 0 Å². The summed E-state index contributed by atoms with van der Waals surface area (Å²) in [7, 11) is 0. The lowest BCUT2D eigenvalue weighted by atomic mass is 10.5. The standard InChI is InChI=1S/C4H3ClN4O2/c5-4-7-1-2(9(10)11)3(6)8-4/h1H,(H2,6,7,8). The number of nitro groups is 1. The van der Waals surface area contributed by atoms with Crippen LogP contribution in [0.25, 0.3) is 0 Å². The molecule has 7 heteroatoms. The topological polar surface area (TPSA) is 94.9 Å². The van der Waals surface area contributed by atoms with Gasteiger partial charge in [0, 0.05) is 0 Å². The van der Waals surface area contributed by atoms with Gasteiger partial charge >= 0.3 is 5.69 Å². The molecule has 0 aromatic carbocycles. The van der Waals surface area contributed by atoms with Crippen molar-refractivity contribution >= 4 is 23.1 Å². The highest BCUT2D eigenvalue weighted by Gasteiger charge is 2.12. The molecule has 0 aliphatic carbocycles. The van der Waals surface area contributed by atoms with Gasteiger partial charge in [0.25, 0.3) is 0 Å². The van der Waals surface area contributed by atoms with Crippen LogP contribution in [-0.4, -0.2) is 14.9 Å². The molecule has 11 heavy (non-hydrogen) atoms. The fourth-order valence-electron chi connectivity index (χ4n) is 0.507. The summed E-state index contributed by atoms with van der Waals surface area (Å²) >= 11 is 5.30. The predicted molar refractivity (Wildman–Crippen MR) is 38.1 cm³/mol. The molecule has 0 aliphatic rings. The highest BCUT2D eigenvalue weighted by Crippen LogP contribution is 2.17. The molecule has 1 aromatic rings. The van der Waals surface area contributed by atoms with E-state index in [-0.39, 0.29) is 16.8 Å². The van der Waals surface area contributed by atoms with Gasteiger partial charge in [-0.2, -0.15) is 4.98 Å². The van der Waals surface area contributed by atoms with Crippen molar-refractivity contribution in [2.24, 2.45) is 0 Å². The van der Waals surface area contributed by atoms with Crippen molar-refractivity contribution < 1.29 is 4.92 Å². The van der Waals surface area contributed by atoms with Gasteiger partial charge in [-0.25, -0.2) is 4.98 Å². The Morgan fingerprint density at radius 3 is 2.82 bits per heavy atom. The maximum absolute atomic E-state index is 10.1. The van der Waals surface area contributed by atoms with Crippen LogP contribution in [0.3, 0.4) is 0 Å². The quantitative estimate of drug-likeness (QED) is 0.383. The minimum Gasteiger partial charge on any atom is -0.378 e. The fourth-order valence-corrected chi connectivity index (χ4v) is 0.647. The molecule has 2 N–H and O–H groups in total. The number of nitrogen functional groups attached to an aromatic ring is 1. The van der Waals surface area contributed by atoms with E-state index in [4.69, 9.17) is 17.3 Å². The van der Waals surface area contributed by atoms with Crippen LogP contribution in [0.15, 0.2) is 6.20 Å². The molecule has 0 saturated heterocycles. The summed E-state index contributed by atoms with van der Waals surface area (Å²) in [6, 6.07) is 0. The first-order chi connectivity index (χ1) is 5.11. The lowest BCUT2D eigenvalue weighted by Gasteiger charge is -1.93. The molecule has 0 amide bonds. The molecule has 1 aromatic heterocycles. The predicted octanol–water partition coefficient (Wildman–Crippen LogP) is 0.620. The van der Waals surface area contributed by atoms with Crippen molar-refractivity contribution in [2.75, 3.05) is 5.73 Å². The number of halogens is 1. The van der Waals surface area contributed by atoms with Gasteiger partial charge in [0.05, 0.1) is 4.92 Å². The van der Waals surface area contributed by atoms with Crippen molar-refractivity contribution in [3.63, 3.8) is 0 Å². The second-order valence-corrected chi connectivity index (χ2v) is 2.00. The molecule has 6 nitrogen and oxygen atoms in total. The number of hydrogen-bond acceptors (Lipinski definition) is 5. The van der Waals surface area contributed by atoms with Gasteiger partial charge in [-0.1, -0.05) is 0 Å². The van der Waals surface area contributed by atoms with E-state index >= 15 is 0 Å². The first-order valence-electron chi connectivity index (χ1n) is 2.53. The fraction of sp³-hybridized carbons (Fsp3) is 0. The van der Waals surface area contributed by atoms with Crippen LogP contribution in [0.5, 0.6) is 0 Å². The molecular weight excluding hydrogens is 172 g/mol. The van der Waals surface area contributed by atoms with E-state index in [1.54, 1.807) is 0 Å². The Kier molecular flexibility index (Phi) is 1.86. The smallest absolute Gasteiger partial charge is 0.329 e. The van der Waals surface area contributed by atoms with Crippen molar-refractivity contribution in [3.8, 4) is 0 Å². The number of rotatable bonds is 1. The molecule has 0 spiro atoms. The maximum atomic E-state index is 10.1. The van der Waals surface area contributed by atoms with Crippen LogP contribution in [-0.2, 0) is 0 Å². The zero-order valence-electron chi connectivity index (χ0n) is 5.19. The van der Waals surface area contributed by atoms with E-state index in [0.29, 0.717) is 0 Å². The van der Waals surface area contributed by atoms with Gasteiger partial charge in [-0.3, -0.25) is 10.1 Å².